The Bertz CT molecular complexity index is 658. The molecule has 0 spiro atoms. The predicted molar refractivity (Wildman–Crippen MR) is 112 cm³/mol. The third-order valence-corrected chi connectivity index (χ3v) is 8.16. The summed E-state index contributed by atoms with van der Waals surface area (Å²) in [7, 11) is -2.17. The van der Waals surface area contributed by atoms with Crippen LogP contribution in [0, 0.1) is 0 Å². The molecule has 2 heteroatoms. The summed E-state index contributed by atoms with van der Waals surface area (Å²) in [6, 6.07) is 21.3. The largest absolute Gasteiger partial charge is 0.405 e. The van der Waals surface area contributed by atoms with Crippen molar-refractivity contribution in [3.63, 3.8) is 0 Å². The van der Waals surface area contributed by atoms with Gasteiger partial charge in [0.25, 0.3) is 8.32 Å². The number of hydrogen-bond donors (Lipinski definition) is 0. The number of allylic oxidation sites excluding steroid dienone is 3. The highest BCUT2D eigenvalue weighted by atomic mass is 28.4. The van der Waals surface area contributed by atoms with Gasteiger partial charge >= 0.3 is 0 Å². The van der Waals surface area contributed by atoms with Gasteiger partial charge in [-0.2, -0.15) is 0 Å². The molecule has 0 aliphatic heterocycles. The van der Waals surface area contributed by atoms with Gasteiger partial charge in [-0.3, -0.25) is 0 Å². The van der Waals surface area contributed by atoms with Crippen LogP contribution in [-0.4, -0.2) is 14.9 Å². The van der Waals surface area contributed by atoms with Crippen molar-refractivity contribution in [2.45, 2.75) is 40.2 Å². The summed E-state index contributed by atoms with van der Waals surface area (Å²) in [5.74, 6) is 0. The first-order chi connectivity index (χ1) is 12.0. The van der Waals surface area contributed by atoms with Crippen molar-refractivity contribution < 1.29 is 4.43 Å². The second kappa shape index (κ2) is 9.55. The van der Waals surface area contributed by atoms with Crippen molar-refractivity contribution in [2.24, 2.45) is 0 Å². The summed E-state index contributed by atoms with van der Waals surface area (Å²) >= 11 is 0. The molecule has 0 unspecified atom stereocenters. The van der Waals surface area contributed by atoms with E-state index < -0.39 is 8.32 Å². The Kier molecular flexibility index (Phi) is 7.42. The van der Waals surface area contributed by atoms with Crippen LogP contribution in [0.5, 0.6) is 0 Å². The molecule has 0 amide bonds. The number of hydrogen-bond acceptors (Lipinski definition) is 1. The van der Waals surface area contributed by atoms with Gasteiger partial charge in [-0.1, -0.05) is 84.0 Å². The maximum Gasteiger partial charge on any atom is 0.253 e. The van der Waals surface area contributed by atoms with Crippen LogP contribution < -0.4 is 10.4 Å². The Morgan fingerprint density at radius 1 is 0.840 bits per heavy atom. The zero-order valence-electron chi connectivity index (χ0n) is 16.0. The Balaban J connectivity index is 2.12. The molecule has 0 bridgehead atoms. The van der Waals surface area contributed by atoms with Gasteiger partial charge in [-0.15, -0.1) is 0 Å². The van der Waals surface area contributed by atoms with Crippen LogP contribution >= 0.6 is 0 Å². The molecular formula is C23H30OSi. The standard InChI is InChI=1S/C23H30OSi/c1-20(2)12-11-13-21(3)18-19-24-25(4,22-14-7-5-8-15-22)23-16-9-6-10-17-23/h5-10,12,14-18H,11,13,19H2,1-4H3/b21-18-. The molecule has 0 saturated heterocycles. The minimum absolute atomic E-state index is 0.674. The number of benzene rings is 2. The van der Waals surface area contributed by atoms with E-state index in [1.165, 1.54) is 21.5 Å². The lowest BCUT2D eigenvalue weighted by Gasteiger charge is -2.28. The van der Waals surface area contributed by atoms with Crippen LogP contribution in [-0.2, 0) is 4.43 Å². The molecule has 2 aromatic rings. The fourth-order valence-corrected chi connectivity index (χ4v) is 5.63. The molecule has 132 valence electrons. The van der Waals surface area contributed by atoms with E-state index in [-0.39, 0.29) is 0 Å². The van der Waals surface area contributed by atoms with Crippen molar-refractivity contribution in [3.05, 3.63) is 84.0 Å². The first-order valence-electron chi connectivity index (χ1n) is 9.06. The van der Waals surface area contributed by atoms with Crippen LogP contribution in [0.15, 0.2) is 84.0 Å². The number of rotatable bonds is 8. The average molecular weight is 351 g/mol. The highest BCUT2D eigenvalue weighted by molar-refractivity contribution is 6.96. The van der Waals surface area contributed by atoms with Gasteiger partial charge in [0.15, 0.2) is 0 Å². The molecule has 0 aliphatic carbocycles. The molecule has 0 fully saturated rings. The first kappa shape index (κ1) is 19.4. The van der Waals surface area contributed by atoms with Crippen LogP contribution in [0.4, 0.5) is 0 Å². The van der Waals surface area contributed by atoms with E-state index in [1.54, 1.807) is 0 Å². The van der Waals surface area contributed by atoms with E-state index in [9.17, 15) is 0 Å². The second-order valence-electron chi connectivity index (χ2n) is 6.95. The Labute approximate surface area is 154 Å². The minimum atomic E-state index is -2.17. The Morgan fingerprint density at radius 2 is 1.36 bits per heavy atom. The van der Waals surface area contributed by atoms with Gasteiger partial charge < -0.3 is 4.43 Å². The maximum atomic E-state index is 6.55. The normalized spacial score (nSPS) is 12.1. The van der Waals surface area contributed by atoms with Crippen LogP contribution in [0.1, 0.15) is 33.6 Å². The quantitative estimate of drug-likeness (QED) is 0.476. The van der Waals surface area contributed by atoms with Gasteiger partial charge in [-0.05, 0) is 50.5 Å². The van der Waals surface area contributed by atoms with E-state index in [2.05, 4.69) is 100 Å². The Hall–Kier alpha value is -1.90. The lowest BCUT2D eigenvalue weighted by atomic mass is 10.1. The van der Waals surface area contributed by atoms with Crippen LogP contribution in [0.2, 0.25) is 6.55 Å². The highest BCUT2D eigenvalue weighted by Crippen LogP contribution is 2.10. The van der Waals surface area contributed by atoms with Gasteiger partial charge in [0.1, 0.15) is 0 Å². The smallest absolute Gasteiger partial charge is 0.253 e. The highest BCUT2D eigenvalue weighted by Gasteiger charge is 2.33. The molecule has 0 heterocycles. The van der Waals surface area contributed by atoms with Gasteiger partial charge in [0.05, 0.1) is 6.61 Å². The molecule has 0 saturated carbocycles. The van der Waals surface area contributed by atoms with E-state index in [0.29, 0.717) is 6.61 Å². The summed E-state index contributed by atoms with van der Waals surface area (Å²) in [6.07, 6.45) is 6.75. The van der Waals surface area contributed by atoms with E-state index in [4.69, 9.17) is 4.43 Å². The molecule has 0 N–H and O–H groups in total. The van der Waals surface area contributed by atoms with Crippen LogP contribution in [0.3, 0.4) is 0 Å². The predicted octanol–water partition coefficient (Wildman–Crippen LogP) is 5.09. The van der Waals surface area contributed by atoms with Crippen molar-refractivity contribution in [3.8, 4) is 0 Å². The van der Waals surface area contributed by atoms with E-state index in [0.717, 1.165) is 12.8 Å². The summed E-state index contributed by atoms with van der Waals surface area (Å²) in [6.45, 7) is 9.47. The summed E-state index contributed by atoms with van der Waals surface area (Å²) < 4.78 is 6.55. The third kappa shape index (κ3) is 5.84. The maximum absolute atomic E-state index is 6.55. The molecule has 25 heavy (non-hydrogen) atoms. The first-order valence-corrected chi connectivity index (χ1v) is 11.5. The molecule has 0 aliphatic rings. The third-order valence-electron chi connectivity index (χ3n) is 4.54. The fourth-order valence-electron chi connectivity index (χ4n) is 2.89. The zero-order chi connectivity index (χ0) is 18.1. The molecule has 1 nitrogen and oxygen atoms in total. The minimum Gasteiger partial charge on any atom is -0.405 e. The SMILES string of the molecule is CC(C)=CCC/C(C)=C\CO[Si](C)(c1ccccc1)c1ccccc1. The molecule has 2 rings (SSSR count). The van der Waals surface area contributed by atoms with Gasteiger partial charge in [0.2, 0.25) is 0 Å². The summed E-state index contributed by atoms with van der Waals surface area (Å²) in [4.78, 5) is 0. The van der Waals surface area contributed by atoms with Crippen molar-refractivity contribution in [1.29, 1.82) is 0 Å². The lowest BCUT2D eigenvalue weighted by Crippen LogP contribution is -2.58. The zero-order valence-corrected chi connectivity index (χ0v) is 17.0. The van der Waals surface area contributed by atoms with E-state index >= 15 is 0 Å². The lowest BCUT2D eigenvalue weighted by molar-refractivity contribution is 0.365. The second-order valence-corrected chi connectivity index (χ2v) is 10.5. The van der Waals surface area contributed by atoms with Crippen LogP contribution in [0.25, 0.3) is 0 Å². The van der Waals surface area contributed by atoms with Crippen molar-refractivity contribution in [2.75, 3.05) is 6.61 Å². The van der Waals surface area contributed by atoms with Crippen molar-refractivity contribution >= 4 is 18.7 Å². The van der Waals surface area contributed by atoms with E-state index in [1.807, 2.05) is 0 Å². The van der Waals surface area contributed by atoms with Gasteiger partial charge in [0, 0.05) is 0 Å². The molecule has 0 radical (unpaired) electrons. The van der Waals surface area contributed by atoms with Crippen molar-refractivity contribution in [1.82, 2.24) is 0 Å². The molecule has 0 aromatic heterocycles. The molecule has 2 aromatic carbocycles. The summed E-state index contributed by atoms with van der Waals surface area (Å²) in [5.41, 5.74) is 2.78. The monoisotopic (exact) mass is 350 g/mol. The van der Waals surface area contributed by atoms with Gasteiger partial charge in [-0.25, -0.2) is 0 Å². The fraction of sp³-hybridized carbons (Fsp3) is 0.304. The average Bonchev–Trinajstić information content (AvgIpc) is 2.62. The Morgan fingerprint density at radius 3 is 1.84 bits per heavy atom. The summed E-state index contributed by atoms with van der Waals surface area (Å²) in [5, 5.41) is 2.63. The molecule has 0 atom stereocenters. The molecular weight excluding hydrogens is 320 g/mol. The topological polar surface area (TPSA) is 9.23 Å².